The van der Waals surface area contributed by atoms with Gasteiger partial charge in [0.1, 0.15) is 5.75 Å². The van der Waals surface area contributed by atoms with Crippen molar-refractivity contribution in [3.63, 3.8) is 0 Å². The number of methoxy groups -OCH3 is 1. The van der Waals surface area contributed by atoms with Crippen molar-refractivity contribution >= 4 is 21.9 Å². The third kappa shape index (κ3) is 4.47. The maximum Gasteiger partial charge on any atom is 0.312 e. The smallest absolute Gasteiger partial charge is 0.312 e. The van der Waals surface area contributed by atoms with Gasteiger partial charge in [-0.05, 0) is 59.3 Å². The molecular weight excluding hydrogens is 332 g/mol. The van der Waals surface area contributed by atoms with Crippen molar-refractivity contribution < 1.29 is 14.3 Å². The minimum Gasteiger partial charge on any atom is -0.492 e. The van der Waals surface area contributed by atoms with Crippen LogP contribution in [0.25, 0.3) is 0 Å². The first-order valence-electron chi connectivity index (χ1n) is 7.62. The number of hydrogen-bond donors (Lipinski definition) is 0. The zero-order chi connectivity index (χ0) is 15.2. The van der Waals surface area contributed by atoms with E-state index in [0.717, 1.165) is 22.4 Å². The zero-order valence-electron chi connectivity index (χ0n) is 12.7. The highest BCUT2D eigenvalue weighted by Crippen LogP contribution is 2.31. The minimum atomic E-state index is -0.265. The van der Waals surface area contributed by atoms with E-state index in [4.69, 9.17) is 9.47 Å². The first-order valence-corrected chi connectivity index (χ1v) is 8.41. The molecule has 0 saturated heterocycles. The first-order chi connectivity index (χ1) is 10.1. The highest BCUT2D eigenvalue weighted by atomic mass is 79.9. The number of carbonyl (C=O) groups excluding carboxylic acids is 1. The molecule has 1 atom stereocenters. The Labute approximate surface area is 135 Å². The maximum atomic E-state index is 11.6. The summed E-state index contributed by atoms with van der Waals surface area (Å²) < 4.78 is 11.6. The van der Waals surface area contributed by atoms with E-state index in [-0.39, 0.29) is 11.9 Å². The van der Waals surface area contributed by atoms with E-state index in [1.165, 1.54) is 39.2 Å². The molecule has 1 aliphatic carbocycles. The maximum absolute atomic E-state index is 11.6. The molecule has 116 valence electrons. The van der Waals surface area contributed by atoms with E-state index in [0.29, 0.717) is 5.92 Å². The number of esters is 1. The Bertz CT molecular complexity index is 481. The van der Waals surface area contributed by atoms with Crippen LogP contribution in [0.1, 0.15) is 50.5 Å². The zero-order valence-corrected chi connectivity index (χ0v) is 14.3. The van der Waals surface area contributed by atoms with Gasteiger partial charge < -0.3 is 9.47 Å². The molecule has 4 heteroatoms. The fraction of sp³-hybridized carbons (Fsp3) is 0.588. The summed E-state index contributed by atoms with van der Waals surface area (Å²) in [5.74, 6) is 1.04. The second kappa shape index (κ2) is 7.83. The molecule has 1 aliphatic rings. The van der Waals surface area contributed by atoms with Crippen LogP contribution < -0.4 is 4.74 Å². The van der Waals surface area contributed by atoms with Gasteiger partial charge in [-0.3, -0.25) is 4.79 Å². The van der Waals surface area contributed by atoms with Crippen LogP contribution in [0.3, 0.4) is 0 Å². The number of carbonyl (C=O) groups is 1. The third-order valence-corrected chi connectivity index (χ3v) is 4.83. The van der Waals surface area contributed by atoms with Crippen LogP contribution in [0.5, 0.6) is 5.75 Å². The molecule has 21 heavy (non-hydrogen) atoms. The van der Waals surface area contributed by atoms with Crippen LogP contribution in [0, 0.1) is 5.92 Å². The molecule has 2 rings (SSSR count). The Balaban J connectivity index is 1.96. The SMILES string of the molecule is COC(=O)C(C)c1ccc(OCC2CCCCC2)c(Br)c1. The van der Waals surface area contributed by atoms with Gasteiger partial charge in [-0.1, -0.05) is 25.3 Å². The molecule has 1 aromatic carbocycles. The van der Waals surface area contributed by atoms with Crippen molar-refractivity contribution in [3.05, 3.63) is 28.2 Å². The van der Waals surface area contributed by atoms with E-state index in [1.807, 2.05) is 25.1 Å². The fourth-order valence-electron chi connectivity index (χ4n) is 2.78. The predicted molar refractivity (Wildman–Crippen MR) is 86.6 cm³/mol. The largest absolute Gasteiger partial charge is 0.492 e. The summed E-state index contributed by atoms with van der Waals surface area (Å²) in [6, 6.07) is 5.81. The number of rotatable bonds is 5. The van der Waals surface area contributed by atoms with Crippen LogP contribution in [-0.2, 0) is 9.53 Å². The highest BCUT2D eigenvalue weighted by Gasteiger charge is 2.18. The van der Waals surface area contributed by atoms with Crippen molar-refractivity contribution in [2.24, 2.45) is 5.92 Å². The summed E-state index contributed by atoms with van der Waals surface area (Å²) in [6.45, 7) is 2.63. The van der Waals surface area contributed by atoms with Gasteiger partial charge in [0.05, 0.1) is 24.1 Å². The quantitative estimate of drug-likeness (QED) is 0.719. The molecule has 1 unspecified atom stereocenters. The van der Waals surface area contributed by atoms with E-state index in [9.17, 15) is 4.79 Å². The van der Waals surface area contributed by atoms with Crippen molar-refractivity contribution in [2.75, 3.05) is 13.7 Å². The van der Waals surface area contributed by atoms with Crippen molar-refractivity contribution in [3.8, 4) is 5.75 Å². The van der Waals surface area contributed by atoms with Crippen LogP contribution >= 0.6 is 15.9 Å². The van der Waals surface area contributed by atoms with E-state index < -0.39 is 0 Å². The molecule has 0 bridgehead atoms. The van der Waals surface area contributed by atoms with E-state index in [1.54, 1.807) is 0 Å². The van der Waals surface area contributed by atoms with Crippen LogP contribution in [0.4, 0.5) is 0 Å². The first kappa shape index (κ1) is 16.3. The van der Waals surface area contributed by atoms with Gasteiger partial charge in [-0.25, -0.2) is 0 Å². The van der Waals surface area contributed by atoms with Gasteiger partial charge in [-0.15, -0.1) is 0 Å². The lowest BCUT2D eigenvalue weighted by molar-refractivity contribution is -0.141. The number of benzene rings is 1. The minimum absolute atomic E-state index is 0.224. The van der Waals surface area contributed by atoms with Crippen molar-refractivity contribution in [2.45, 2.75) is 44.9 Å². The lowest BCUT2D eigenvalue weighted by atomic mass is 9.90. The molecule has 3 nitrogen and oxygen atoms in total. The van der Waals surface area contributed by atoms with Crippen LogP contribution in [-0.4, -0.2) is 19.7 Å². The Morgan fingerprint density at radius 2 is 2.05 bits per heavy atom. The summed E-state index contributed by atoms with van der Waals surface area (Å²) in [5.41, 5.74) is 0.929. The second-order valence-corrected chi connectivity index (χ2v) is 6.60. The lowest BCUT2D eigenvalue weighted by Crippen LogP contribution is -2.15. The fourth-order valence-corrected chi connectivity index (χ4v) is 3.29. The monoisotopic (exact) mass is 354 g/mol. The average molecular weight is 355 g/mol. The van der Waals surface area contributed by atoms with Crippen LogP contribution in [0.2, 0.25) is 0 Å². The number of ether oxygens (including phenoxy) is 2. The Morgan fingerprint density at radius 3 is 2.67 bits per heavy atom. The van der Waals surface area contributed by atoms with Crippen LogP contribution in [0.15, 0.2) is 22.7 Å². The van der Waals surface area contributed by atoms with Gasteiger partial charge in [0, 0.05) is 0 Å². The summed E-state index contributed by atoms with van der Waals surface area (Å²) in [6.07, 6.45) is 6.56. The van der Waals surface area contributed by atoms with E-state index in [2.05, 4.69) is 15.9 Å². The molecule has 0 aromatic heterocycles. The summed E-state index contributed by atoms with van der Waals surface area (Å²) in [4.78, 5) is 11.6. The van der Waals surface area contributed by atoms with Gasteiger partial charge in [0.2, 0.25) is 0 Å². The standard InChI is InChI=1S/C17H23BrO3/c1-12(17(19)20-2)14-8-9-16(15(18)10-14)21-11-13-6-4-3-5-7-13/h8-10,12-13H,3-7,11H2,1-2H3. The summed E-state index contributed by atoms with van der Waals surface area (Å²) in [7, 11) is 1.41. The molecule has 1 aromatic rings. The normalized spacial score (nSPS) is 17.3. The highest BCUT2D eigenvalue weighted by molar-refractivity contribution is 9.10. The van der Waals surface area contributed by atoms with E-state index >= 15 is 0 Å². The summed E-state index contributed by atoms with van der Waals surface area (Å²) in [5, 5.41) is 0. The predicted octanol–water partition coefficient (Wildman–Crippen LogP) is 4.68. The topological polar surface area (TPSA) is 35.5 Å². The Morgan fingerprint density at radius 1 is 1.33 bits per heavy atom. The number of halogens is 1. The molecule has 1 fully saturated rings. The molecule has 0 spiro atoms. The molecule has 0 heterocycles. The van der Waals surface area contributed by atoms with Crippen molar-refractivity contribution in [1.29, 1.82) is 0 Å². The second-order valence-electron chi connectivity index (χ2n) is 5.75. The van der Waals surface area contributed by atoms with Crippen molar-refractivity contribution in [1.82, 2.24) is 0 Å². The van der Waals surface area contributed by atoms with Gasteiger partial charge >= 0.3 is 5.97 Å². The Hall–Kier alpha value is -1.03. The average Bonchev–Trinajstić information content (AvgIpc) is 2.53. The molecule has 0 radical (unpaired) electrons. The molecule has 1 saturated carbocycles. The molecule has 0 amide bonds. The Kier molecular flexibility index (Phi) is 6.09. The lowest BCUT2D eigenvalue weighted by Gasteiger charge is -2.22. The molecular formula is C17H23BrO3. The number of hydrogen-bond acceptors (Lipinski definition) is 3. The molecule has 0 N–H and O–H groups in total. The van der Waals surface area contributed by atoms with Gasteiger partial charge in [0.15, 0.2) is 0 Å². The third-order valence-electron chi connectivity index (χ3n) is 4.21. The van der Waals surface area contributed by atoms with Gasteiger partial charge in [-0.2, -0.15) is 0 Å². The summed E-state index contributed by atoms with van der Waals surface area (Å²) >= 11 is 3.53. The van der Waals surface area contributed by atoms with Gasteiger partial charge in [0.25, 0.3) is 0 Å². The molecule has 0 aliphatic heterocycles.